The van der Waals surface area contributed by atoms with Gasteiger partial charge in [-0.3, -0.25) is 15.1 Å². The Morgan fingerprint density at radius 2 is 2.00 bits per heavy atom. The van der Waals surface area contributed by atoms with Crippen LogP contribution in [0.1, 0.15) is 11.1 Å². The predicted molar refractivity (Wildman–Crippen MR) is 113 cm³/mol. The number of para-hydroxylation sites is 1. The standard InChI is InChI=1S/C22H17N3O5/c1-13-5-3-8-18-20(13)24-22(30-18)14-6-4-7-16(9-14)23-12-15-10-17(25(27)28)11-19(29-2)21(15)26/h3-12,26H,1-2H3. The Bertz CT molecular complexity index is 1290. The van der Waals surface area contributed by atoms with Crippen LogP contribution in [-0.4, -0.2) is 28.3 Å². The highest BCUT2D eigenvalue weighted by Crippen LogP contribution is 2.34. The third-order valence-electron chi connectivity index (χ3n) is 4.59. The van der Waals surface area contributed by atoms with Crippen LogP contribution in [-0.2, 0) is 0 Å². The van der Waals surface area contributed by atoms with Crippen molar-refractivity contribution in [1.82, 2.24) is 4.98 Å². The van der Waals surface area contributed by atoms with Crippen LogP contribution in [0.3, 0.4) is 0 Å². The topological polar surface area (TPSA) is 111 Å². The lowest BCUT2D eigenvalue weighted by Crippen LogP contribution is -1.94. The van der Waals surface area contributed by atoms with Crippen LogP contribution in [0.5, 0.6) is 11.5 Å². The number of aliphatic imine (C=N–C) groups is 1. The molecule has 0 bridgehead atoms. The summed E-state index contributed by atoms with van der Waals surface area (Å²) in [6.07, 6.45) is 1.35. The highest BCUT2D eigenvalue weighted by Gasteiger charge is 2.16. The molecule has 0 spiro atoms. The number of phenolic OH excluding ortho intramolecular Hbond substituents is 1. The normalized spacial score (nSPS) is 11.3. The number of aromatic nitrogens is 1. The number of phenols is 1. The number of nitrogens with zero attached hydrogens (tertiary/aromatic N) is 3. The molecule has 0 saturated heterocycles. The number of nitro benzene ring substituents is 1. The molecule has 8 heteroatoms. The van der Waals surface area contributed by atoms with E-state index in [0.717, 1.165) is 22.7 Å². The lowest BCUT2D eigenvalue weighted by molar-refractivity contribution is -0.385. The van der Waals surface area contributed by atoms with Gasteiger partial charge in [-0.1, -0.05) is 18.2 Å². The maximum Gasteiger partial charge on any atom is 0.274 e. The summed E-state index contributed by atoms with van der Waals surface area (Å²) in [5.41, 5.74) is 3.79. The summed E-state index contributed by atoms with van der Waals surface area (Å²) in [5, 5.41) is 21.4. The maximum absolute atomic E-state index is 11.1. The molecule has 0 unspecified atom stereocenters. The fourth-order valence-electron chi connectivity index (χ4n) is 3.05. The minimum absolute atomic E-state index is 0.00115. The Labute approximate surface area is 171 Å². The first kappa shape index (κ1) is 19.1. The first-order chi connectivity index (χ1) is 14.5. The second-order valence-corrected chi connectivity index (χ2v) is 6.59. The molecule has 8 nitrogen and oxygen atoms in total. The molecule has 0 fully saturated rings. The molecule has 1 N–H and O–H groups in total. The summed E-state index contributed by atoms with van der Waals surface area (Å²) in [5.74, 6) is 0.245. The summed E-state index contributed by atoms with van der Waals surface area (Å²) in [4.78, 5) is 19.5. The second-order valence-electron chi connectivity index (χ2n) is 6.59. The van der Waals surface area contributed by atoms with Crippen molar-refractivity contribution in [3.63, 3.8) is 0 Å². The second kappa shape index (κ2) is 7.67. The summed E-state index contributed by atoms with van der Waals surface area (Å²) in [6, 6.07) is 15.3. The van der Waals surface area contributed by atoms with E-state index in [-0.39, 0.29) is 22.7 Å². The number of oxazole rings is 1. The highest BCUT2D eigenvalue weighted by atomic mass is 16.6. The number of non-ortho nitro benzene ring substituents is 1. The molecule has 4 rings (SSSR count). The number of nitro groups is 1. The summed E-state index contributed by atoms with van der Waals surface area (Å²) >= 11 is 0. The van der Waals surface area contributed by atoms with Gasteiger partial charge in [0.05, 0.1) is 23.8 Å². The zero-order chi connectivity index (χ0) is 21.3. The SMILES string of the molecule is COc1cc([N+](=O)[O-])cc(C=Nc2cccc(-c3nc4c(C)cccc4o3)c2)c1O. The molecule has 0 aliphatic heterocycles. The van der Waals surface area contributed by atoms with Crippen molar-refractivity contribution in [2.45, 2.75) is 6.92 Å². The number of aromatic hydroxyl groups is 1. The largest absolute Gasteiger partial charge is 0.504 e. The van der Waals surface area contributed by atoms with Crippen molar-refractivity contribution in [3.8, 4) is 23.0 Å². The van der Waals surface area contributed by atoms with Crippen LogP contribution in [0.25, 0.3) is 22.6 Å². The quantitative estimate of drug-likeness (QED) is 0.279. The first-order valence-electron chi connectivity index (χ1n) is 9.02. The molecule has 150 valence electrons. The highest BCUT2D eigenvalue weighted by molar-refractivity contribution is 5.88. The van der Waals surface area contributed by atoms with Gasteiger partial charge in [-0.05, 0) is 36.8 Å². The number of rotatable bonds is 5. The van der Waals surface area contributed by atoms with E-state index in [0.29, 0.717) is 17.2 Å². The Morgan fingerprint density at radius 3 is 2.73 bits per heavy atom. The Balaban J connectivity index is 1.70. The molecule has 30 heavy (non-hydrogen) atoms. The third-order valence-corrected chi connectivity index (χ3v) is 4.59. The van der Waals surface area contributed by atoms with Crippen molar-refractivity contribution >= 4 is 28.7 Å². The van der Waals surface area contributed by atoms with Gasteiger partial charge in [0.1, 0.15) is 5.52 Å². The van der Waals surface area contributed by atoms with E-state index in [4.69, 9.17) is 9.15 Å². The van der Waals surface area contributed by atoms with Crippen molar-refractivity contribution in [2.75, 3.05) is 7.11 Å². The maximum atomic E-state index is 11.1. The average molecular weight is 403 g/mol. The molecule has 3 aromatic carbocycles. The fourth-order valence-corrected chi connectivity index (χ4v) is 3.05. The van der Waals surface area contributed by atoms with Gasteiger partial charge >= 0.3 is 0 Å². The fraction of sp³-hybridized carbons (Fsp3) is 0.0909. The van der Waals surface area contributed by atoms with Gasteiger partial charge in [0.2, 0.25) is 5.89 Å². The molecule has 0 radical (unpaired) electrons. The molecule has 0 aliphatic carbocycles. The van der Waals surface area contributed by atoms with Gasteiger partial charge in [-0.25, -0.2) is 4.98 Å². The number of methoxy groups -OCH3 is 1. The van der Waals surface area contributed by atoms with Crippen LogP contribution in [0.4, 0.5) is 11.4 Å². The van der Waals surface area contributed by atoms with E-state index in [1.54, 1.807) is 18.2 Å². The Hall–Kier alpha value is -4.20. The van der Waals surface area contributed by atoms with Gasteiger partial charge < -0.3 is 14.3 Å². The summed E-state index contributed by atoms with van der Waals surface area (Å²) < 4.78 is 10.9. The van der Waals surface area contributed by atoms with Crippen LogP contribution >= 0.6 is 0 Å². The molecule has 0 atom stereocenters. The first-order valence-corrected chi connectivity index (χ1v) is 9.02. The molecule has 1 heterocycles. The predicted octanol–water partition coefficient (Wildman–Crippen LogP) is 5.18. The van der Waals surface area contributed by atoms with E-state index in [1.807, 2.05) is 31.2 Å². The molecule has 0 saturated carbocycles. The number of ether oxygens (including phenoxy) is 1. The molecule has 0 amide bonds. The van der Waals surface area contributed by atoms with Crippen molar-refractivity contribution in [2.24, 2.45) is 4.99 Å². The molecule has 0 aliphatic rings. The minimum Gasteiger partial charge on any atom is -0.504 e. The van der Waals surface area contributed by atoms with Crippen molar-refractivity contribution < 1.29 is 19.2 Å². The molecule has 1 aromatic heterocycles. The van der Waals surface area contributed by atoms with Gasteiger partial charge in [0.15, 0.2) is 17.1 Å². The summed E-state index contributed by atoms with van der Waals surface area (Å²) in [7, 11) is 1.32. The average Bonchev–Trinajstić information content (AvgIpc) is 3.19. The van der Waals surface area contributed by atoms with Gasteiger partial charge in [-0.15, -0.1) is 0 Å². The molecular weight excluding hydrogens is 386 g/mol. The van der Waals surface area contributed by atoms with Gasteiger partial charge in [0.25, 0.3) is 5.69 Å². The van der Waals surface area contributed by atoms with E-state index in [1.165, 1.54) is 19.4 Å². The summed E-state index contributed by atoms with van der Waals surface area (Å²) in [6.45, 7) is 1.97. The van der Waals surface area contributed by atoms with Crippen molar-refractivity contribution in [1.29, 1.82) is 0 Å². The van der Waals surface area contributed by atoms with Crippen LogP contribution in [0.15, 0.2) is 64.0 Å². The number of hydrogen-bond acceptors (Lipinski definition) is 7. The smallest absolute Gasteiger partial charge is 0.274 e. The Kier molecular flexibility index (Phi) is 4.89. The van der Waals surface area contributed by atoms with Crippen LogP contribution < -0.4 is 4.74 Å². The third kappa shape index (κ3) is 3.58. The van der Waals surface area contributed by atoms with Gasteiger partial charge in [-0.2, -0.15) is 0 Å². The lowest BCUT2D eigenvalue weighted by Gasteiger charge is -2.06. The number of hydrogen-bond donors (Lipinski definition) is 1. The van der Waals surface area contributed by atoms with E-state index in [2.05, 4.69) is 9.98 Å². The number of fused-ring (bicyclic) bond motifs is 1. The molecule has 4 aromatic rings. The number of benzene rings is 3. The van der Waals surface area contributed by atoms with Crippen molar-refractivity contribution in [3.05, 3.63) is 75.8 Å². The van der Waals surface area contributed by atoms with E-state index < -0.39 is 4.92 Å². The van der Waals surface area contributed by atoms with E-state index in [9.17, 15) is 15.2 Å². The number of aryl methyl sites for hydroxylation is 1. The zero-order valence-electron chi connectivity index (χ0n) is 16.2. The van der Waals surface area contributed by atoms with Gasteiger partial charge in [0, 0.05) is 23.4 Å². The minimum atomic E-state index is -0.560. The van der Waals surface area contributed by atoms with Crippen LogP contribution in [0.2, 0.25) is 0 Å². The Morgan fingerprint density at radius 1 is 1.20 bits per heavy atom. The monoisotopic (exact) mass is 403 g/mol. The van der Waals surface area contributed by atoms with E-state index >= 15 is 0 Å². The zero-order valence-corrected chi connectivity index (χ0v) is 16.2. The lowest BCUT2D eigenvalue weighted by atomic mass is 10.1. The molecular formula is C22H17N3O5. The van der Waals surface area contributed by atoms with Crippen LogP contribution in [0, 0.1) is 17.0 Å².